The predicted molar refractivity (Wildman–Crippen MR) is 147 cm³/mol. The number of hydrogen-bond acceptors (Lipinski definition) is 2. The molecule has 2 nitrogen and oxygen atoms in total. The third-order valence-electron chi connectivity index (χ3n) is 7.50. The Bertz CT molecular complexity index is 609. The number of nitrogens with zero attached hydrogens (tertiary/aromatic N) is 2. The van der Waals surface area contributed by atoms with Crippen LogP contribution >= 0.6 is 0 Å². The van der Waals surface area contributed by atoms with Gasteiger partial charge in [0.25, 0.3) is 0 Å². The van der Waals surface area contributed by atoms with Crippen molar-refractivity contribution in [2.45, 2.75) is 104 Å². The van der Waals surface area contributed by atoms with Crippen molar-refractivity contribution in [3.63, 3.8) is 0 Å². The Labute approximate surface area is 227 Å². The summed E-state index contributed by atoms with van der Waals surface area (Å²) in [5.74, 6) is 0. The number of unbranched alkanes of at least 4 members (excludes halogenated alkanes) is 1. The van der Waals surface area contributed by atoms with E-state index in [-0.39, 0.29) is 25.8 Å². The second-order valence-corrected chi connectivity index (χ2v) is 19.2. The summed E-state index contributed by atoms with van der Waals surface area (Å²) in [6.07, 6.45) is 29.3. The molecule has 33 heavy (non-hydrogen) atoms. The van der Waals surface area contributed by atoms with Crippen molar-refractivity contribution in [2.24, 2.45) is 0 Å². The molecule has 2 fully saturated rings. The van der Waals surface area contributed by atoms with E-state index in [0.717, 1.165) is 12.8 Å². The van der Waals surface area contributed by atoms with Gasteiger partial charge in [-0.15, -0.1) is 12.8 Å². The zero-order chi connectivity index (χ0) is 23.5. The normalized spacial score (nSPS) is 21.3. The molecule has 2 saturated heterocycles. The van der Waals surface area contributed by atoms with Crippen LogP contribution in [0.15, 0.2) is 34.7 Å². The van der Waals surface area contributed by atoms with Crippen LogP contribution in [0.3, 0.4) is 0 Å². The Morgan fingerprint density at radius 1 is 0.636 bits per heavy atom. The first-order valence-corrected chi connectivity index (χ1v) is 19.3. The maximum Gasteiger partial charge on any atom is 0.117 e. The summed E-state index contributed by atoms with van der Waals surface area (Å²) in [4.78, 5) is 0. The average Bonchev–Trinajstić information content (AvgIpc) is 3.56. The van der Waals surface area contributed by atoms with E-state index >= 15 is 0 Å². The average molecular weight is 649 g/mol. The summed E-state index contributed by atoms with van der Waals surface area (Å²) in [5.41, 5.74) is 0. The fourth-order valence-electron chi connectivity index (χ4n) is 4.90. The molecule has 0 aromatic rings. The van der Waals surface area contributed by atoms with Crippen LogP contribution < -0.4 is 0 Å². The van der Waals surface area contributed by atoms with Crippen LogP contribution in [0.5, 0.6) is 0 Å². The summed E-state index contributed by atoms with van der Waals surface area (Å²) in [7, 11) is -2.63. The van der Waals surface area contributed by atoms with E-state index in [1.54, 1.807) is 0 Å². The zero-order valence-corrected chi connectivity index (χ0v) is 28.2. The molecule has 0 bridgehead atoms. The topological polar surface area (TPSA) is 6.48 Å². The Hall–Kier alpha value is 0.184. The van der Waals surface area contributed by atoms with Gasteiger partial charge in [0.15, 0.2) is 0 Å². The Balaban J connectivity index is 0.000000278. The van der Waals surface area contributed by atoms with Gasteiger partial charge in [-0.25, -0.2) is 22.5 Å². The number of allylic oxidation sites excluding steroid dienone is 8. The molecule has 0 N–H and O–H groups in total. The van der Waals surface area contributed by atoms with Crippen LogP contribution in [-0.4, -0.2) is 51.8 Å². The maximum atomic E-state index is 3.52. The fraction of sp³-hybridized carbons (Fsp3) is 0.714. The number of hydrogen-bond donors (Lipinski definition) is 0. The Kier molecular flexibility index (Phi) is 15.2. The van der Waals surface area contributed by atoms with Gasteiger partial charge in [-0.3, -0.25) is 12.2 Å². The standard InChI is InChI=1S/2C12H20NSi.C4H10.Hf/c2*1-14(2,12-8-4-5-9-12)13-10-6-3-7-11-13;1-3-4-2;/h2*4,8H,3,5-7,10-11H2,1-2H3;3-4H2,1-2H3;/q2*-1;;. The molecule has 4 aliphatic rings. The smallest absolute Gasteiger partial charge is 0.117 e. The van der Waals surface area contributed by atoms with Crippen molar-refractivity contribution in [3.8, 4) is 0 Å². The monoisotopic (exact) mass is 650 g/mol. The largest absolute Gasteiger partial charge is 0.322 e. The molecule has 0 aromatic heterocycles. The van der Waals surface area contributed by atoms with E-state index in [2.05, 4.69) is 85.6 Å². The first-order chi connectivity index (χ1) is 15.3. The minimum atomic E-state index is -1.32. The van der Waals surface area contributed by atoms with Crippen molar-refractivity contribution < 1.29 is 25.8 Å². The molecule has 5 heteroatoms. The maximum absolute atomic E-state index is 3.52. The molecule has 0 aromatic carbocycles. The van der Waals surface area contributed by atoms with E-state index in [1.165, 1.54) is 87.9 Å². The second-order valence-electron chi connectivity index (χ2n) is 10.6. The minimum absolute atomic E-state index is 0. The molecular formula is C28H50HfN2Si2-2. The molecule has 186 valence electrons. The molecule has 0 amide bonds. The molecule has 0 radical (unpaired) electrons. The van der Waals surface area contributed by atoms with Crippen molar-refractivity contribution in [2.75, 3.05) is 26.2 Å². The van der Waals surface area contributed by atoms with Crippen molar-refractivity contribution >= 4 is 16.5 Å². The molecular weight excluding hydrogens is 599 g/mol. The quantitative estimate of drug-likeness (QED) is 0.224. The number of piperidine rings is 2. The van der Waals surface area contributed by atoms with Crippen LogP contribution in [0.2, 0.25) is 26.2 Å². The van der Waals surface area contributed by atoms with E-state index in [4.69, 9.17) is 0 Å². The molecule has 0 spiro atoms. The predicted octanol–water partition coefficient (Wildman–Crippen LogP) is 7.62. The van der Waals surface area contributed by atoms with Crippen LogP contribution in [0.25, 0.3) is 0 Å². The van der Waals surface area contributed by atoms with Gasteiger partial charge in [0, 0.05) is 25.8 Å². The first kappa shape index (κ1) is 31.2. The summed E-state index contributed by atoms with van der Waals surface area (Å²) in [6.45, 7) is 19.5. The van der Waals surface area contributed by atoms with Gasteiger partial charge < -0.3 is 9.13 Å². The second kappa shape index (κ2) is 16.0. The van der Waals surface area contributed by atoms with Gasteiger partial charge in [-0.1, -0.05) is 65.7 Å². The molecule has 4 rings (SSSR count). The third-order valence-corrected chi connectivity index (χ3v) is 14.9. The van der Waals surface area contributed by atoms with Crippen LogP contribution in [0.4, 0.5) is 0 Å². The van der Waals surface area contributed by atoms with E-state index in [0.29, 0.717) is 0 Å². The SMILES string of the molecule is CCCC.C[Si](C)(C1=[C-]CC=C1)N1CCCCC1.C[Si](C)(C1=[C-]CC=C1)N1CCCCC1.[Hf]. The molecule has 2 aliphatic carbocycles. The van der Waals surface area contributed by atoms with E-state index in [9.17, 15) is 0 Å². The fourth-order valence-corrected chi connectivity index (χ4v) is 10.6. The Morgan fingerprint density at radius 2 is 0.970 bits per heavy atom. The molecule has 0 saturated carbocycles. The van der Waals surface area contributed by atoms with Gasteiger partial charge in [0.2, 0.25) is 0 Å². The van der Waals surface area contributed by atoms with Crippen LogP contribution in [-0.2, 0) is 25.8 Å². The molecule has 0 unspecified atom stereocenters. The molecule has 2 aliphatic heterocycles. The minimum Gasteiger partial charge on any atom is -0.322 e. The first-order valence-electron chi connectivity index (χ1n) is 13.4. The van der Waals surface area contributed by atoms with Crippen molar-refractivity contribution in [1.29, 1.82) is 0 Å². The van der Waals surface area contributed by atoms with Gasteiger partial charge >= 0.3 is 0 Å². The Morgan fingerprint density at radius 3 is 1.21 bits per heavy atom. The van der Waals surface area contributed by atoms with Crippen LogP contribution in [0, 0.1) is 12.2 Å². The summed E-state index contributed by atoms with van der Waals surface area (Å²) in [6, 6.07) is 0. The summed E-state index contributed by atoms with van der Waals surface area (Å²) < 4.78 is 5.49. The summed E-state index contributed by atoms with van der Waals surface area (Å²) in [5, 5.41) is 3.05. The van der Waals surface area contributed by atoms with Crippen molar-refractivity contribution in [3.05, 3.63) is 46.8 Å². The third kappa shape index (κ3) is 9.63. The molecule has 0 atom stereocenters. The zero-order valence-electron chi connectivity index (χ0n) is 22.6. The van der Waals surface area contributed by atoms with Crippen LogP contribution in [0.1, 0.15) is 78.1 Å². The van der Waals surface area contributed by atoms with E-state index < -0.39 is 16.5 Å². The van der Waals surface area contributed by atoms with Gasteiger partial charge in [-0.05, 0) is 51.9 Å². The summed E-state index contributed by atoms with van der Waals surface area (Å²) >= 11 is 0. The molecule has 2 heterocycles. The van der Waals surface area contributed by atoms with Crippen molar-refractivity contribution in [1.82, 2.24) is 9.13 Å². The van der Waals surface area contributed by atoms with Gasteiger partial charge in [-0.2, -0.15) is 12.2 Å². The van der Waals surface area contributed by atoms with E-state index in [1.807, 2.05) is 0 Å². The van der Waals surface area contributed by atoms with Gasteiger partial charge in [0.1, 0.15) is 16.5 Å². The number of rotatable bonds is 5. The van der Waals surface area contributed by atoms with Gasteiger partial charge in [0.05, 0.1) is 0 Å².